The minimum absolute atomic E-state index is 0.0185. The Hall–Kier alpha value is -3.63. The van der Waals surface area contributed by atoms with Gasteiger partial charge >= 0.3 is 0 Å². The SMILES string of the molecule is CC#CCn1cc2c(n1)c(N1C[C@@H](CC)N(C(C)c3cc4ccccc4cn3)C[C@@H]1C)cc(=O)n2C. The van der Waals surface area contributed by atoms with E-state index in [-0.39, 0.29) is 17.6 Å². The molecule has 0 saturated carbocycles. The summed E-state index contributed by atoms with van der Waals surface area (Å²) < 4.78 is 3.50. The van der Waals surface area contributed by atoms with E-state index in [0.29, 0.717) is 12.6 Å². The zero-order valence-electron chi connectivity index (χ0n) is 21.8. The molecule has 1 saturated heterocycles. The van der Waals surface area contributed by atoms with Gasteiger partial charge in [0.05, 0.1) is 23.1 Å². The molecule has 5 rings (SSSR count). The number of nitrogens with zero attached hydrogens (tertiary/aromatic N) is 6. The van der Waals surface area contributed by atoms with Gasteiger partial charge in [-0.15, -0.1) is 5.92 Å². The number of fused-ring (bicyclic) bond motifs is 2. The van der Waals surface area contributed by atoms with Crippen molar-refractivity contribution in [3.8, 4) is 11.8 Å². The van der Waals surface area contributed by atoms with E-state index >= 15 is 0 Å². The molecule has 3 atom stereocenters. The first-order chi connectivity index (χ1) is 17.4. The number of rotatable bonds is 5. The van der Waals surface area contributed by atoms with Crippen molar-refractivity contribution >= 4 is 27.5 Å². The van der Waals surface area contributed by atoms with Gasteiger partial charge in [-0.1, -0.05) is 37.1 Å². The minimum atomic E-state index is -0.0185. The Balaban J connectivity index is 1.47. The number of benzene rings is 1. The van der Waals surface area contributed by atoms with Crippen LogP contribution in [0.4, 0.5) is 5.69 Å². The molecule has 1 aliphatic rings. The lowest BCUT2D eigenvalue weighted by molar-refractivity contribution is 0.104. The predicted molar refractivity (Wildman–Crippen MR) is 146 cm³/mol. The molecule has 0 aliphatic carbocycles. The largest absolute Gasteiger partial charge is 0.364 e. The van der Waals surface area contributed by atoms with Gasteiger partial charge in [0.1, 0.15) is 12.1 Å². The summed E-state index contributed by atoms with van der Waals surface area (Å²) in [6, 6.07) is 13.1. The lowest BCUT2D eigenvalue weighted by Gasteiger charge is -2.48. The number of piperazine rings is 1. The Morgan fingerprint density at radius 3 is 2.69 bits per heavy atom. The molecule has 186 valence electrons. The molecule has 4 aromatic rings. The first-order valence-electron chi connectivity index (χ1n) is 12.7. The maximum Gasteiger partial charge on any atom is 0.252 e. The third-order valence-corrected chi connectivity index (χ3v) is 7.60. The lowest BCUT2D eigenvalue weighted by atomic mass is 9.99. The van der Waals surface area contributed by atoms with Crippen LogP contribution in [0.5, 0.6) is 0 Å². The Labute approximate surface area is 212 Å². The first kappa shape index (κ1) is 24.1. The van der Waals surface area contributed by atoms with E-state index in [1.807, 2.05) is 24.0 Å². The highest BCUT2D eigenvalue weighted by Gasteiger charge is 2.35. The Morgan fingerprint density at radius 2 is 1.94 bits per heavy atom. The molecule has 7 heteroatoms. The van der Waals surface area contributed by atoms with Crippen LogP contribution in [0.2, 0.25) is 0 Å². The van der Waals surface area contributed by atoms with Crippen LogP contribution >= 0.6 is 0 Å². The van der Waals surface area contributed by atoms with E-state index in [2.05, 4.69) is 72.7 Å². The number of anilines is 1. The molecule has 0 spiro atoms. The van der Waals surface area contributed by atoms with Crippen molar-refractivity contribution in [2.45, 2.75) is 58.8 Å². The maximum absolute atomic E-state index is 12.9. The molecule has 1 fully saturated rings. The van der Waals surface area contributed by atoms with E-state index in [0.717, 1.165) is 47.3 Å². The fourth-order valence-corrected chi connectivity index (χ4v) is 5.44. The zero-order chi connectivity index (χ0) is 25.4. The van der Waals surface area contributed by atoms with Gasteiger partial charge in [-0.3, -0.25) is 19.4 Å². The molecular weight excluding hydrogens is 448 g/mol. The first-order valence-corrected chi connectivity index (χ1v) is 12.7. The summed E-state index contributed by atoms with van der Waals surface area (Å²) in [7, 11) is 1.81. The molecular formula is C29H34N6O. The quantitative estimate of drug-likeness (QED) is 0.396. The zero-order valence-corrected chi connectivity index (χ0v) is 21.8. The normalized spacial score (nSPS) is 19.4. The fraction of sp³-hybridized carbons (Fsp3) is 0.414. The molecule has 0 N–H and O–H groups in total. The highest BCUT2D eigenvalue weighted by molar-refractivity contribution is 5.88. The fourth-order valence-electron chi connectivity index (χ4n) is 5.44. The minimum Gasteiger partial charge on any atom is -0.364 e. The third kappa shape index (κ3) is 4.27. The number of hydrogen-bond donors (Lipinski definition) is 0. The van der Waals surface area contributed by atoms with Crippen LogP contribution in [0, 0.1) is 11.8 Å². The van der Waals surface area contributed by atoms with E-state index in [9.17, 15) is 4.79 Å². The predicted octanol–water partition coefficient (Wildman–Crippen LogP) is 4.36. The average molecular weight is 483 g/mol. The lowest BCUT2D eigenvalue weighted by Crippen LogP contribution is -2.58. The van der Waals surface area contributed by atoms with Crippen molar-refractivity contribution < 1.29 is 0 Å². The second-order valence-corrected chi connectivity index (χ2v) is 9.81. The Morgan fingerprint density at radius 1 is 1.17 bits per heavy atom. The molecule has 36 heavy (non-hydrogen) atoms. The third-order valence-electron chi connectivity index (χ3n) is 7.60. The Bertz CT molecular complexity index is 1520. The summed E-state index contributed by atoms with van der Waals surface area (Å²) in [5, 5.41) is 7.22. The van der Waals surface area contributed by atoms with Crippen LogP contribution in [-0.2, 0) is 13.6 Å². The topological polar surface area (TPSA) is 59.2 Å². The van der Waals surface area contributed by atoms with Gasteiger partial charge in [-0.05, 0) is 38.6 Å². The number of aromatic nitrogens is 4. The van der Waals surface area contributed by atoms with Gasteiger partial charge in [0.15, 0.2) is 0 Å². The summed E-state index contributed by atoms with van der Waals surface area (Å²) in [4.78, 5) is 22.7. The van der Waals surface area contributed by atoms with Crippen molar-refractivity contribution in [2.24, 2.45) is 7.05 Å². The second kappa shape index (κ2) is 9.79. The molecule has 1 aromatic carbocycles. The van der Waals surface area contributed by atoms with Gasteiger partial charge in [-0.25, -0.2) is 0 Å². The van der Waals surface area contributed by atoms with E-state index in [1.54, 1.807) is 17.7 Å². The maximum atomic E-state index is 12.9. The molecule has 4 heterocycles. The standard InChI is InChI=1S/C29H34N6O/c1-6-8-13-33-19-27-29(31-33)26(15-28(36)32(27)5)34-18-24(7-2)35(17-20(34)3)21(4)25-14-22-11-9-10-12-23(22)16-30-25/h9-12,14-16,19-21,24H,7,13,17-18H2,1-5H3/t20-,21?,24+/m0/s1. The van der Waals surface area contributed by atoms with E-state index < -0.39 is 0 Å². The summed E-state index contributed by atoms with van der Waals surface area (Å²) in [5.74, 6) is 5.99. The molecule has 0 bridgehead atoms. The highest BCUT2D eigenvalue weighted by Crippen LogP contribution is 2.33. The van der Waals surface area contributed by atoms with Crippen LogP contribution in [0.3, 0.4) is 0 Å². The molecule has 1 unspecified atom stereocenters. The smallest absolute Gasteiger partial charge is 0.252 e. The van der Waals surface area contributed by atoms with Crippen molar-refractivity contribution in [2.75, 3.05) is 18.0 Å². The second-order valence-electron chi connectivity index (χ2n) is 9.81. The summed E-state index contributed by atoms with van der Waals surface area (Å²) in [5.41, 5.74) is 3.69. The van der Waals surface area contributed by atoms with Crippen LogP contribution in [0.15, 0.2) is 53.6 Å². The molecule has 7 nitrogen and oxygen atoms in total. The molecule has 1 aliphatic heterocycles. The molecule has 3 aromatic heterocycles. The summed E-state index contributed by atoms with van der Waals surface area (Å²) in [6.45, 7) is 10.8. The number of pyridine rings is 2. The van der Waals surface area contributed by atoms with Crippen molar-refractivity contribution in [3.63, 3.8) is 0 Å². The van der Waals surface area contributed by atoms with Crippen molar-refractivity contribution in [1.29, 1.82) is 0 Å². The Kier molecular flexibility index (Phi) is 6.55. The van der Waals surface area contributed by atoms with Crippen LogP contribution in [0.25, 0.3) is 21.8 Å². The van der Waals surface area contributed by atoms with E-state index in [4.69, 9.17) is 10.1 Å². The van der Waals surface area contributed by atoms with E-state index in [1.165, 1.54) is 5.39 Å². The van der Waals surface area contributed by atoms with Gasteiger partial charge < -0.3 is 9.47 Å². The average Bonchev–Trinajstić information content (AvgIpc) is 3.33. The van der Waals surface area contributed by atoms with Gasteiger partial charge in [0.2, 0.25) is 0 Å². The van der Waals surface area contributed by atoms with Crippen molar-refractivity contribution in [3.05, 3.63) is 64.8 Å². The number of aryl methyl sites for hydroxylation is 1. The monoisotopic (exact) mass is 482 g/mol. The van der Waals surface area contributed by atoms with Crippen LogP contribution < -0.4 is 10.5 Å². The highest BCUT2D eigenvalue weighted by atomic mass is 16.1. The molecule has 0 amide bonds. The van der Waals surface area contributed by atoms with Gasteiger partial charge in [0, 0.05) is 55.9 Å². The van der Waals surface area contributed by atoms with Crippen LogP contribution in [-0.4, -0.2) is 49.4 Å². The summed E-state index contributed by atoms with van der Waals surface area (Å²) >= 11 is 0. The van der Waals surface area contributed by atoms with Gasteiger partial charge in [0.25, 0.3) is 5.56 Å². The van der Waals surface area contributed by atoms with Gasteiger partial charge in [-0.2, -0.15) is 5.10 Å². The number of hydrogen-bond acceptors (Lipinski definition) is 5. The summed E-state index contributed by atoms with van der Waals surface area (Å²) in [6.07, 6.45) is 4.92. The van der Waals surface area contributed by atoms with Crippen molar-refractivity contribution in [1.82, 2.24) is 24.2 Å². The molecule has 0 radical (unpaired) electrons. The van der Waals surface area contributed by atoms with Crippen LogP contribution in [0.1, 0.15) is 45.9 Å².